The molecule has 70 valence electrons. The van der Waals surface area contributed by atoms with Gasteiger partial charge in [0.25, 0.3) is 0 Å². The van der Waals surface area contributed by atoms with Crippen LogP contribution in [0.2, 0.25) is 0 Å². The van der Waals surface area contributed by atoms with Gasteiger partial charge in [0.15, 0.2) is 0 Å². The zero-order valence-corrected chi connectivity index (χ0v) is 7.55. The molecule has 0 saturated heterocycles. The number of hydrogen-bond acceptors (Lipinski definition) is 3. The molecule has 0 heterocycles. The fraction of sp³-hybridized carbons (Fsp3) is 0.667. The van der Waals surface area contributed by atoms with Crippen LogP contribution in [-0.4, -0.2) is 28.3 Å². The summed E-state index contributed by atoms with van der Waals surface area (Å²) >= 11 is 0. The number of carboxylic acid groups (broad SMARTS) is 2. The van der Waals surface area contributed by atoms with Crippen LogP contribution >= 0.6 is 8.46 Å². The number of hydrogen-bond donors (Lipinski definition) is 2. The van der Waals surface area contributed by atoms with Gasteiger partial charge in [0, 0.05) is 12.6 Å². The van der Waals surface area contributed by atoms with Gasteiger partial charge in [0.1, 0.15) is 0 Å². The highest BCUT2D eigenvalue weighted by Crippen LogP contribution is 2.12. The molecule has 0 aromatic heterocycles. The zero-order chi connectivity index (χ0) is 9.56. The van der Waals surface area contributed by atoms with Crippen LogP contribution in [-0.2, 0) is 14.2 Å². The Balaban J connectivity index is 3.86. The first-order valence-corrected chi connectivity index (χ1v) is 4.75. The molecule has 0 aromatic carbocycles. The molecule has 6 heteroatoms. The molecule has 0 fully saturated rings. The van der Waals surface area contributed by atoms with E-state index in [0.717, 1.165) is 0 Å². The van der Waals surface area contributed by atoms with Crippen LogP contribution in [0.4, 0.5) is 0 Å². The van der Waals surface area contributed by atoms with Gasteiger partial charge in [-0.2, -0.15) is 0 Å². The predicted molar refractivity (Wildman–Crippen MR) is 43.3 cm³/mol. The molecule has 0 saturated carbocycles. The molecule has 0 aliphatic rings. The van der Waals surface area contributed by atoms with Gasteiger partial charge < -0.3 is 14.8 Å². The van der Waals surface area contributed by atoms with E-state index in [9.17, 15) is 14.2 Å². The number of aliphatic carboxylic acids is 2. The summed E-state index contributed by atoms with van der Waals surface area (Å²) in [6.07, 6.45) is -0.0427. The summed E-state index contributed by atoms with van der Waals surface area (Å²) in [6.45, 7) is 0. The average molecular weight is 194 g/mol. The van der Waals surface area contributed by atoms with Gasteiger partial charge in [-0.05, 0) is 6.42 Å². The molecule has 0 aromatic rings. The van der Waals surface area contributed by atoms with Crippen LogP contribution in [0.3, 0.4) is 0 Å². The largest absolute Gasteiger partial charge is 0.481 e. The molecule has 0 spiro atoms. The SMILES string of the molecule is O=[PH2]CC(CCC(=O)O)C(=O)O. The summed E-state index contributed by atoms with van der Waals surface area (Å²) in [4.78, 5) is 20.4. The fourth-order valence-electron chi connectivity index (χ4n) is 0.756. The van der Waals surface area contributed by atoms with Gasteiger partial charge in [0.2, 0.25) is 0 Å². The molecule has 0 aliphatic carbocycles. The zero-order valence-electron chi connectivity index (χ0n) is 6.40. The van der Waals surface area contributed by atoms with Gasteiger partial charge in [0.05, 0.1) is 14.4 Å². The van der Waals surface area contributed by atoms with E-state index < -0.39 is 26.3 Å². The standard InChI is InChI=1S/C6H11O5P/c7-5(8)2-1-4(3-12-11)6(9)10/h4H,1-3,12H2,(H,7,8)(H,9,10). The van der Waals surface area contributed by atoms with Crippen molar-refractivity contribution in [3.63, 3.8) is 0 Å². The molecule has 2 unspecified atom stereocenters. The van der Waals surface area contributed by atoms with Crippen molar-refractivity contribution in [2.24, 2.45) is 5.92 Å². The van der Waals surface area contributed by atoms with E-state index in [1.165, 1.54) is 0 Å². The quantitative estimate of drug-likeness (QED) is 0.593. The monoisotopic (exact) mass is 194 g/mol. The van der Waals surface area contributed by atoms with Gasteiger partial charge >= 0.3 is 11.9 Å². The van der Waals surface area contributed by atoms with Gasteiger partial charge in [-0.3, -0.25) is 9.59 Å². The first-order valence-electron chi connectivity index (χ1n) is 3.46. The van der Waals surface area contributed by atoms with Crippen molar-refractivity contribution in [2.75, 3.05) is 6.16 Å². The third kappa shape index (κ3) is 4.91. The summed E-state index contributed by atoms with van der Waals surface area (Å²) in [5.41, 5.74) is 0. The Bertz CT molecular complexity index is 190. The highest BCUT2D eigenvalue weighted by molar-refractivity contribution is 7.23. The maximum atomic E-state index is 10.4. The van der Waals surface area contributed by atoms with E-state index >= 15 is 0 Å². The van der Waals surface area contributed by atoms with E-state index in [0.29, 0.717) is 0 Å². The van der Waals surface area contributed by atoms with Crippen molar-refractivity contribution >= 4 is 20.4 Å². The second kappa shape index (κ2) is 5.77. The molecule has 0 rings (SSSR count). The first-order chi connectivity index (χ1) is 5.57. The van der Waals surface area contributed by atoms with Crippen LogP contribution in [0, 0.1) is 5.92 Å². The minimum absolute atomic E-state index is 0.0555. The Morgan fingerprint density at radius 3 is 2.25 bits per heavy atom. The summed E-state index contributed by atoms with van der Waals surface area (Å²) < 4.78 is 10.2. The minimum atomic E-state index is -1.12. The van der Waals surface area contributed by atoms with Crippen molar-refractivity contribution in [1.29, 1.82) is 0 Å². The fourth-order valence-corrected chi connectivity index (χ4v) is 1.43. The van der Waals surface area contributed by atoms with Crippen molar-refractivity contribution in [1.82, 2.24) is 0 Å². The second-order valence-electron chi connectivity index (χ2n) is 2.37. The van der Waals surface area contributed by atoms with E-state index in [2.05, 4.69) is 0 Å². The number of carbonyl (C=O) groups is 2. The van der Waals surface area contributed by atoms with Gasteiger partial charge in [-0.15, -0.1) is 0 Å². The van der Waals surface area contributed by atoms with E-state index in [1.807, 2.05) is 0 Å². The van der Waals surface area contributed by atoms with Crippen LogP contribution in [0.15, 0.2) is 0 Å². The molecular formula is C6H11O5P. The molecule has 12 heavy (non-hydrogen) atoms. The summed E-state index contributed by atoms with van der Waals surface area (Å²) in [6, 6.07) is 0. The van der Waals surface area contributed by atoms with Crippen molar-refractivity contribution < 1.29 is 24.4 Å². The topological polar surface area (TPSA) is 91.7 Å². The lowest BCUT2D eigenvalue weighted by Gasteiger charge is -2.05. The third-order valence-corrected chi connectivity index (χ3v) is 2.20. The lowest BCUT2D eigenvalue weighted by atomic mass is 10.1. The lowest BCUT2D eigenvalue weighted by Crippen LogP contribution is -2.16. The summed E-state index contributed by atoms with van der Waals surface area (Å²) in [7, 11) is -1.12. The normalized spacial score (nSPS) is 13.3. The lowest BCUT2D eigenvalue weighted by molar-refractivity contribution is -0.142. The van der Waals surface area contributed by atoms with Gasteiger partial charge in [-0.1, -0.05) is 0 Å². The Kier molecular flexibility index (Phi) is 5.37. The maximum absolute atomic E-state index is 10.4. The molecule has 2 atom stereocenters. The van der Waals surface area contributed by atoms with Crippen LogP contribution in [0.25, 0.3) is 0 Å². The second-order valence-corrected chi connectivity index (χ2v) is 3.17. The highest BCUT2D eigenvalue weighted by Gasteiger charge is 2.17. The van der Waals surface area contributed by atoms with E-state index in [4.69, 9.17) is 10.2 Å². The molecule has 0 bridgehead atoms. The Hall–Kier alpha value is -0.830. The van der Waals surface area contributed by atoms with E-state index in [1.54, 1.807) is 0 Å². The first kappa shape index (κ1) is 11.2. The van der Waals surface area contributed by atoms with Crippen molar-refractivity contribution in [3.05, 3.63) is 0 Å². The molecule has 2 N–H and O–H groups in total. The summed E-state index contributed by atoms with van der Waals surface area (Å²) in [5.74, 6) is -2.87. The molecule has 5 nitrogen and oxygen atoms in total. The minimum Gasteiger partial charge on any atom is -0.481 e. The number of rotatable bonds is 6. The Morgan fingerprint density at radius 2 is 1.92 bits per heavy atom. The van der Waals surface area contributed by atoms with Crippen LogP contribution < -0.4 is 0 Å². The van der Waals surface area contributed by atoms with Crippen molar-refractivity contribution in [2.45, 2.75) is 12.8 Å². The van der Waals surface area contributed by atoms with Crippen LogP contribution in [0.1, 0.15) is 12.8 Å². The van der Waals surface area contributed by atoms with Gasteiger partial charge in [-0.25, -0.2) is 0 Å². The Labute approximate surface area is 70.6 Å². The van der Waals surface area contributed by atoms with Crippen LogP contribution in [0.5, 0.6) is 0 Å². The molecule has 0 aliphatic heterocycles. The highest BCUT2D eigenvalue weighted by atomic mass is 31.1. The molecule has 0 amide bonds. The predicted octanol–water partition coefficient (Wildman–Crippen LogP) is 0.308. The Morgan fingerprint density at radius 1 is 1.33 bits per heavy atom. The average Bonchev–Trinajstić information content (AvgIpc) is 1.96. The molecule has 0 radical (unpaired) electrons. The smallest absolute Gasteiger partial charge is 0.306 e. The maximum Gasteiger partial charge on any atom is 0.306 e. The summed E-state index contributed by atoms with van der Waals surface area (Å²) in [5, 5.41) is 16.7. The van der Waals surface area contributed by atoms with E-state index in [-0.39, 0.29) is 19.0 Å². The molecular weight excluding hydrogens is 183 g/mol. The third-order valence-electron chi connectivity index (χ3n) is 1.44. The number of carboxylic acids is 2. The van der Waals surface area contributed by atoms with Crippen molar-refractivity contribution in [3.8, 4) is 0 Å².